The van der Waals surface area contributed by atoms with Crippen LogP contribution >= 0.6 is 0 Å². The molecule has 0 aliphatic rings. The summed E-state index contributed by atoms with van der Waals surface area (Å²) >= 11 is 0. The van der Waals surface area contributed by atoms with Gasteiger partial charge in [0.1, 0.15) is 40.4 Å². The Morgan fingerprint density at radius 2 is 1.00 bits per heavy atom. The molecule has 3 aromatic carbocycles. The van der Waals surface area contributed by atoms with Crippen molar-refractivity contribution in [3.63, 3.8) is 0 Å². The van der Waals surface area contributed by atoms with Crippen molar-refractivity contribution in [1.29, 1.82) is 0 Å². The lowest BCUT2D eigenvalue weighted by Crippen LogP contribution is -2.16. The molecule has 4 aromatic rings. The molecule has 0 spiro atoms. The van der Waals surface area contributed by atoms with E-state index >= 15 is 0 Å². The van der Waals surface area contributed by atoms with Gasteiger partial charge in [-0.3, -0.25) is 0 Å². The second-order valence-electron chi connectivity index (χ2n) is 6.43. The van der Waals surface area contributed by atoms with Gasteiger partial charge in [-0.1, -0.05) is 6.07 Å². The third kappa shape index (κ3) is 5.54. The number of benzene rings is 3. The Labute approximate surface area is 176 Å². The van der Waals surface area contributed by atoms with Crippen LogP contribution in [0.25, 0.3) is 0 Å². The summed E-state index contributed by atoms with van der Waals surface area (Å²) < 4.78 is 57.0. The summed E-state index contributed by atoms with van der Waals surface area (Å²) in [5, 5.41) is 0. The van der Waals surface area contributed by atoms with Crippen LogP contribution in [0.5, 0.6) is 23.1 Å². The second-order valence-corrected chi connectivity index (χ2v) is 6.43. The Balaban J connectivity index is 1.60. The first kappa shape index (κ1) is 20.3. The average molecular weight is 423 g/mol. The second kappa shape index (κ2) is 9.21. The molecule has 0 radical (unpaired) electrons. The highest BCUT2D eigenvalue weighted by molar-refractivity contribution is 5.29. The summed E-state index contributed by atoms with van der Waals surface area (Å²) in [5.74, 6) is 0.142. The van der Waals surface area contributed by atoms with Crippen LogP contribution in [0.15, 0.2) is 91.0 Å². The van der Waals surface area contributed by atoms with Gasteiger partial charge in [0, 0.05) is 6.07 Å². The molecule has 4 rings (SSSR count). The number of halogens is 3. The molecule has 0 unspecified atom stereocenters. The minimum atomic E-state index is -1.03. The smallest absolute Gasteiger partial charge is 0.284 e. The zero-order chi connectivity index (χ0) is 21.6. The summed E-state index contributed by atoms with van der Waals surface area (Å²) in [6, 6.07) is 21.3. The summed E-state index contributed by atoms with van der Waals surface area (Å²) in [5.41, 5.74) is 0.355. The molecule has 0 aliphatic heterocycles. The van der Waals surface area contributed by atoms with Crippen molar-refractivity contribution in [2.45, 2.75) is 6.29 Å². The van der Waals surface area contributed by atoms with E-state index in [2.05, 4.69) is 4.98 Å². The summed E-state index contributed by atoms with van der Waals surface area (Å²) in [6.45, 7) is 0. The van der Waals surface area contributed by atoms with Gasteiger partial charge in [-0.2, -0.15) is 0 Å². The molecule has 0 saturated heterocycles. The molecular formula is C24H16F3NO3. The molecule has 0 atom stereocenters. The Kier molecular flexibility index (Phi) is 6.03. The number of hydrogen-bond donors (Lipinski definition) is 0. The first-order valence-corrected chi connectivity index (χ1v) is 9.30. The van der Waals surface area contributed by atoms with E-state index in [0.717, 1.165) is 0 Å². The van der Waals surface area contributed by atoms with Crippen molar-refractivity contribution in [2.75, 3.05) is 0 Å². The zero-order valence-electron chi connectivity index (χ0n) is 16.0. The molecule has 31 heavy (non-hydrogen) atoms. The van der Waals surface area contributed by atoms with Gasteiger partial charge in [0.2, 0.25) is 5.88 Å². The summed E-state index contributed by atoms with van der Waals surface area (Å²) in [7, 11) is 0. The normalized spacial score (nSPS) is 10.7. The number of aromatic nitrogens is 1. The lowest BCUT2D eigenvalue weighted by molar-refractivity contribution is -0.0000849. The van der Waals surface area contributed by atoms with Crippen molar-refractivity contribution in [3.8, 4) is 23.1 Å². The van der Waals surface area contributed by atoms with E-state index in [0.29, 0.717) is 22.9 Å². The molecule has 1 aromatic heterocycles. The molecule has 1 heterocycles. The predicted octanol–water partition coefficient (Wildman–Crippen LogP) is 6.45. The summed E-state index contributed by atoms with van der Waals surface area (Å²) in [6.07, 6.45) is -1.03. The highest BCUT2D eigenvalue weighted by Crippen LogP contribution is 2.27. The molecular weight excluding hydrogens is 407 g/mol. The maximum atomic E-state index is 13.2. The van der Waals surface area contributed by atoms with Gasteiger partial charge in [0.15, 0.2) is 0 Å². The van der Waals surface area contributed by atoms with E-state index < -0.39 is 17.9 Å². The lowest BCUT2D eigenvalue weighted by Gasteiger charge is -2.20. The lowest BCUT2D eigenvalue weighted by atomic mass is 10.3. The van der Waals surface area contributed by atoms with Gasteiger partial charge in [0.05, 0.1) is 0 Å². The number of rotatable bonds is 7. The average Bonchev–Trinajstić information content (AvgIpc) is 2.78. The highest BCUT2D eigenvalue weighted by Gasteiger charge is 2.19. The molecule has 156 valence electrons. The van der Waals surface area contributed by atoms with Gasteiger partial charge in [0.25, 0.3) is 6.29 Å². The number of pyridine rings is 1. The minimum absolute atomic E-state index is 0.236. The molecule has 0 amide bonds. The number of nitrogens with zero attached hydrogens (tertiary/aromatic N) is 1. The van der Waals surface area contributed by atoms with E-state index in [9.17, 15) is 13.2 Å². The fraction of sp³-hybridized carbons (Fsp3) is 0.0417. The van der Waals surface area contributed by atoms with Crippen molar-refractivity contribution in [1.82, 2.24) is 4.98 Å². The van der Waals surface area contributed by atoms with Crippen LogP contribution in [-0.4, -0.2) is 4.98 Å². The van der Waals surface area contributed by atoms with Crippen LogP contribution in [0, 0.1) is 17.5 Å². The number of ether oxygens (including phenoxy) is 3. The monoisotopic (exact) mass is 423 g/mol. The maximum Gasteiger partial charge on any atom is 0.284 e. The number of hydrogen-bond acceptors (Lipinski definition) is 4. The molecule has 0 fully saturated rings. The zero-order valence-corrected chi connectivity index (χ0v) is 16.0. The van der Waals surface area contributed by atoms with E-state index in [1.54, 1.807) is 18.2 Å². The van der Waals surface area contributed by atoms with E-state index in [1.165, 1.54) is 72.8 Å². The van der Waals surface area contributed by atoms with E-state index in [-0.39, 0.29) is 11.7 Å². The minimum Gasteiger partial charge on any atom is -0.449 e. The van der Waals surface area contributed by atoms with Gasteiger partial charge < -0.3 is 14.2 Å². The van der Waals surface area contributed by atoms with Crippen LogP contribution in [0.4, 0.5) is 13.2 Å². The van der Waals surface area contributed by atoms with Crippen molar-refractivity contribution < 1.29 is 27.4 Å². The van der Waals surface area contributed by atoms with Crippen LogP contribution < -0.4 is 14.2 Å². The standard InChI is InChI=1S/C24H16F3NO3/c25-16-4-10-19(11-5-16)29-23-3-1-2-22(28-23)24(30-20-12-6-17(26)7-13-20)31-21-14-8-18(27)9-15-21/h1-15,24H. The van der Waals surface area contributed by atoms with Gasteiger partial charge in [-0.05, 0) is 78.9 Å². The molecule has 0 bridgehead atoms. The largest absolute Gasteiger partial charge is 0.449 e. The van der Waals surface area contributed by atoms with Gasteiger partial charge >= 0.3 is 0 Å². The topological polar surface area (TPSA) is 40.6 Å². The van der Waals surface area contributed by atoms with Crippen LogP contribution in [-0.2, 0) is 0 Å². The third-order valence-electron chi connectivity index (χ3n) is 4.14. The Hall–Kier alpha value is -4.00. The first-order chi connectivity index (χ1) is 15.0. The molecule has 0 saturated carbocycles. The van der Waals surface area contributed by atoms with Crippen LogP contribution in [0.2, 0.25) is 0 Å². The molecule has 4 nitrogen and oxygen atoms in total. The Bertz CT molecular complexity index is 1090. The van der Waals surface area contributed by atoms with Crippen molar-refractivity contribution in [3.05, 3.63) is 114 Å². The predicted molar refractivity (Wildman–Crippen MR) is 108 cm³/mol. The first-order valence-electron chi connectivity index (χ1n) is 9.30. The highest BCUT2D eigenvalue weighted by atomic mass is 19.1. The quantitative estimate of drug-likeness (QED) is 0.321. The molecule has 0 aliphatic carbocycles. The summed E-state index contributed by atoms with van der Waals surface area (Å²) in [4.78, 5) is 4.40. The van der Waals surface area contributed by atoms with E-state index in [1.807, 2.05) is 0 Å². The fourth-order valence-electron chi connectivity index (χ4n) is 2.66. The van der Waals surface area contributed by atoms with Crippen molar-refractivity contribution >= 4 is 0 Å². The van der Waals surface area contributed by atoms with Crippen LogP contribution in [0.3, 0.4) is 0 Å². The van der Waals surface area contributed by atoms with Gasteiger partial charge in [-0.15, -0.1) is 0 Å². The molecule has 0 N–H and O–H groups in total. The maximum absolute atomic E-state index is 13.2. The fourth-order valence-corrected chi connectivity index (χ4v) is 2.66. The molecule has 7 heteroatoms. The third-order valence-corrected chi connectivity index (χ3v) is 4.14. The SMILES string of the molecule is Fc1ccc(Oc2cccc(C(Oc3ccc(F)cc3)Oc3ccc(F)cc3)n2)cc1. The Morgan fingerprint density at radius 1 is 0.548 bits per heavy atom. The van der Waals surface area contributed by atoms with Gasteiger partial charge in [-0.25, -0.2) is 18.2 Å². The van der Waals surface area contributed by atoms with Crippen LogP contribution in [0.1, 0.15) is 12.0 Å². The van der Waals surface area contributed by atoms with Crippen molar-refractivity contribution in [2.24, 2.45) is 0 Å². The Morgan fingerprint density at radius 3 is 1.48 bits per heavy atom. The van der Waals surface area contributed by atoms with E-state index in [4.69, 9.17) is 14.2 Å².